The second-order valence-corrected chi connectivity index (χ2v) is 6.87. The van der Waals surface area contributed by atoms with Gasteiger partial charge in [-0.1, -0.05) is 0 Å². The van der Waals surface area contributed by atoms with Crippen LogP contribution in [0.1, 0.15) is 55.4 Å². The Kier molecular flexibility index (Phi) is 4.10. The van der Waals surface area contributed by atoms with Crippen LogP contribution >= 0.6 is 0 Å². The third-order valence-electron chi connectivity index (χ3n) is 5.25. The summed E-state index contributed by atoms with van der Waals surface area (Å²) >= 11 is 0. The maximum Gasteiger partial charge on any atom is 0.290 e. The maximum atomic E-state index is 11.1. The zero-order valence-corrected chi connectivity index (χ0v) is 14.4. The first kappa shape index (κ1) is 16.0. The molecule has 8 nitrogen and oxygen atoms in total. The number of nitrogens with zero attached hydrogens (tertiary/aromatic N) is 6. The third kappa shape index (κ3) is 2.85. The third-order valence-corrected chi connectivity index (χ3v) is 5.25. The summed E-state index contributed by atoms with van der Waals surface area (Å²) in [6, 6.07) is 1.96. The normalized spacial score (nSPS) is 20.4. The summed E-state index contributed by atoms with van der Waals surface area (Å²) < 4.78 is 2.27. The van der Waals surface area contributed by atoms with Crippen molar-refractivity contribution in [2.24, 2.45) is 0 Å². The second kappa shape index (κ2) is 6.42. The molecule has 0 N–H and O–H groups in total. The van der Waals surface area contributed by atoms with Crippen LogP contribution in [0.25, 0.3) is 0 Å². The van der Waals surface area contributed by atoms with Crippen molar-refractivity contribution in [1.29, 1.82) is 0 Å². The number of nitro groups is 1. The molecule has 4 rings (SSSR count). The van der Waals surface area contributed by atoms with Crippen LogP contribution in [0.5, 0.6) is 0 Å². The van der Waals surface area contributed by atoms with E-state index in [1.54, 1.807) is 6.92 Å². The van der Waals surface area contributed by atoms with Crippen molar-refractivity contribution >= 4 is 11.5 Å². The van der Waals surface area contributed by atoms with Crippen LogP contribution in [-0.4, -0.2) is 31.2 Å². The Bertz CT molecular complexity index is 802. The summed E-state index contributed by atoms with van der Waals surface area (Å²) in [4.78, 5) is 17.3. The molecule has 1 saturated heterocycles. The molecule has 2 aromatic heterocycles. The Hall–Kier alpha value is -2.51. The van der Waals surface area contributed by atoms with E-state index in [0.29, 0.717) is 5.56 Å². The molecule has 0 aliphatic carbocycles. The fourth-order valence-corrected chi connectivity index (χ4v) is 3.93. The lowest BCUT2D eigenvalue weighted by Gasteiger charge is -2.36. The minimum Gasteiger partial charge on any atom is -0.346 e. The number of rotatable bonds is 3. The number of aryl methyl sites for hydroxylation is 2. The fourth-order valence-electron chi connectivity index (χ4n) is 3.93. The maximum absolute atomic E-state index is 11.1. The number of pyridine rings is 1. The Labute approximate surface area is 146 Å². The predicted molar refractivity (Wildman–Crippen MR) is 92.5 cm³/mol. The molecule has 1 unspecified atom stereocenters. The van der Waals surface area contributed by atoms with Gasteiger partial charge in [0.15, 0.2) is 5.82 Å². The molecule has 1 fully saturated rings. The van der Waals surface area contributed by atoms with Gasteiger partial charge in [-0.15, -0.1) is 10.2 Å². The minimum atomic E-state index is -0.380. The monoisotopic (exact) mass is 342 g/mol. The molecule has 0 radical (unpaired) electrons. The molecule has 0 spiro atoms. The van der Waals surface area contributed by atoms with Gasteiger partial charge >= 0.3 is 0 Å². The minimum absolute atomic E-state index is 0.0668. The molecular formula is C17H22N6O2. The Morgan fingerprint density at radius 2 is 2.04 bits per heavy atom. The molecule has 4 heterocycles. The molecule has 0 aromatic carbocycles. The number of piperidine rings is 1. The zero-order valence-electron chi connectivity index (χ0n) is 14.4. The van der Waals surface area contributed by atoms with Gasteiger partial charge in [0.25, 0.3) is 5.69 Å². The number of aromatic nitrogens is 4. The lowest BCUT2D eigenvalue weighted by molar-refractivity contribution is -0.385. The second-order valence-electron chi connectivity index (χ2n) is 6.87. The first-order chi connectivity index (χ1) is 12.1. The zero-order chi connectivity index (χ0) is 17.4. The van der Waals surface area contributed by atoms with E-state index in [4.69, 9.17) is 0 Å². The smallest absolute Gasteiger partial charge is 0.290 e. The molecule has 0 bridgehead atoms. The number of hydrogen-bond acceptors (Lipinski definition) is 6. The lowest BCUT2D eigenvalue weighted by Crippen LogP contribution is -2.36. The first-order valence-corrected chi connectivity index (χ1v) is 8.95. The molecule has 1 atom stereocenters. The van der Waals surface area contributed by atoms with Crippen molar-refractivity contribution in [3.8, 4) is 0 Å². The van der Waals surface area contributed by atoms with Gasteiger partial charge in [-0.3, -0.25) is 10.1 Å². The highest BCUT2D eigenvalue weighted by atomic mass is 16.6. The fraction of sp³-hybridized carbons (Fsp3) is 0.588. The molecule has 132 valence electrons. The van der Waals surface area contributed by atoms with Crippen molar-refractivity contribution in [1.82, 2.24) is 19.7 Å². The van der Waals surface area contributed by atoms with Crippen LogP contribution in [0.4, 0.5) is 11.5 Å². The van der Waals surface area contributed by atoms with Crippen molar-refractivity contribution in [3.63, 3.8) is 0 Å². The SMILES string of the molecule is Cc1cc(N2CCCCC2c2nnc3n2CCCC3)ncc1[N+](=O)[O-]. The highest BCUT2D eigenvalue weighted by Crippen LogP contribution is 2.35. The van der Waals surface area contributed by atoms with E-state index in [9.17, 15) is 10.1 Å². The average Bonchev–Trinajstić information content (AvgIpc) is 3.05. The van der Waals surface area contributed by atoms with Crippen molar-refractivity contribution in [2.75, 3.05) is 11.4 Å². The van der Waals surface area contributed by atoms with E-state index < -0.39 is 0 Å². The van der Waals surface area contributed by atoms with Gasteiger partial charge < -0.3 is 9.47 Å². The predicted octanol–water partition coefficient (Wildman–Crippen LogP) is 2.96. The van der Waals surface area contributed by atoms with E-state index >= 15 is 0 Å². The van der Waals surface area contributed by atoms with Gasteiger partial charge in [-0.05, 0) is 45.1 Å². The Balaban J connectivity index is 1.69. The summed E-state index contributed by atoms with van der Waals surface area (Å²) in [5.41, 5.74) is 0.708. The lowest BCUT2D eigenvalue weighted by atomic mass is 10.0. The standard InChI is InChI=1S/C17H22N6O2/c1-12-10-16(18-11-14(12)23(24)25)21-8-4-2-6-13(21)17-20-19-15-7-3-5-9-22(15)17/h10-11,13H,2-9H2,1H3. The summed E-state index contributed by atoms with van der Waals surface area (Å²) in [7, 11) is 0. The van der Waals surface area contributed by atoms with E-state index in [2.05, 4.69) is 24.6 Å². The van der Waals surface area contributed by atoms with Gasteiger partial charge in [0.1, 0.15) is 17.8 Å². The Morgan fingerprint density at radius 1 is 1.20 bits per heavy atom. The number of fused-ring (bicyclic) bond motifs is 1. The van der Waals surface area contributed by atoms with E-state index in [0.717, 1.165) is 56.2 Å². The quantitative estimate of drug-likeness (QED) is 0.629. The molecule has 8 heteroatoms. The van der Waals surface area contributed by atoms with Crippen molar-refractivity contribution in [3.05, 3.63) is 39.6 Å². The summed E-state index contributed by atoms with van der Waals surface area (Å²) in [6.45, 7) is 3.63. The highest BCUT2D eigenvalue weighted by molar-refractivity contribution is 5.50. The van der Waals surface area contributed by atoms with Gasteiger partial charge in [0, 0.05) is 25.1 Å². The van der Waals surface area contributed by atoms with Crippen LogP contribution in [0.3, 0.4) is 0 Å². The molecule has 2 aliphatic heterocycles. The van der Waals surface area contributed by atoms with E-state index in [-0.39, 0.29) is 16.7 Å². The molecular weight excluding hydrogens is 320 g/mol. The molecule has 2 aromatic rings. The topological polar surface area (TPSA) is 90.0 Å². The summed E-state index contributed by atoms with van der Waals surface area (Å²) in [5.74, 6) is 2.90. The van der Waals surface area contributed by atoms with Crippen LogP contribution in [-0.2, 0) is 13.0 Å². The molecule has 0 saturated carbocycles. The van der Waals surface area contributed by atoms with E-state index in [1.807, 2.05) is 6.07 Å². The van der Waals surface area contributed by atoms with E-state index in [1.165, 1.54) is 19.0 Å². The molecule has 0 amide bonds. The van der Waals surface area contributed by atoms with Crippen LogP contribution in [0.15, 0.2) is 12.3 Å². The first-order valence-electron chi connectivity index (χ1n) is 8.95. The van der Waals surface area contributed by atoms with Crippen LogP contribution < -0.4 is 4.90 Å². The number of hydrogen-bond donors (Lipinski definition) is 0. The van der Waals surface area contributed by atoms with Crippen molar-refractivity contribution in [2.45, 2.75) is 58.0 Å². The van der Waals surface area contributed by atoms with Crippen LogP contribution in [0.2, 0.25) is 0 Å². The average molecular weight is 342 g/mol. The van der Waals surface area contributed by atoms with Crippen molar-refractivity contribution < 1.29 is 4.92 Å². The summed E-state index contributed by atoms with van der Waals surface area (Å²) in [5, 5.41) is 19.9. The largest absolute Gasteiger partial charge is 0.346 e. The van der Waals surface area contributed by atoms with Gasteiger partial charge in [0.2, 0.25) is 0 Å². The van der Waals surface area contributed by atoms with Crippen LogP contribution in [0, 0.1) is 17.0 Å². The molecule has 2 aliphatic rings. The molecule has 25 heavy (non-hydrogen) atoms. The summed E-state index contributed by atoms with van der Waals surface area (Å²) in [6.07, 6.45) is 7.96. The van der Waals surface area contributed by atoms with Gasteiger partial charge in [-0.25, -0.2) is 4.98 Å². The Morgan fingerprint density at radius 3 is 2.84 bits per heavy atom. The number of anilines is 1. The highest BCUT2D eigenvalue weighted by Gasteiger charge is 2.31. The van der Waals surface area contributed by atoms with Gasteiger partial charge in [-0.2, -0.15) is 0 Å². The van der Waals surface area contributed by atoms with Gasteiger partial charge in [0.05, 0.1) is 11.0 Å².